The maximum absolute atomic E-state index is 12.5. The average Bonchev–Trinajstić information content (AvgIpc) is 2.67. The average molecular weight is 360 g/mol. The lowest BCUT2D eigenvalue weighted by Crippen LogP contribution is -2.52. The van der Waals surface area contributed by atoms with E-state index in [1.165, 1.54) is 21.1 Å². The maximum atomic E-state index is 12.5. The Morgan fingerprint density at radius 2 is 1.73 bits per heavy atom. The Kier molecular flexibility index (Phi) is 6.45. The summed E-state index contributed by atoms with van der Waals surface area (Å²) in [4.78, 5) is 25.0. The van der Waals surface area contributed by atoms with Gasteiger partial charge in [-0.3, -0.25) is 4.79 Å². The van der Waals surface area contributed by atoms with Crippen LogP contribution in [0.4, 0.5) is 0 Å². The van der Waals surface area contributed by atoms with Crippen molar-refractivity contribution in [2.24, 2.45) is 0 Å². The van der Waals surface area contributed by atoms with Crippen molar-refractivity contribution in [3.8, 4) is 17.6 Å². The van der Waals surface area contributed by atoms with E-state index in [1.807, 2.05) is 0 Å². The van der Waals surface area contributed by atoms with E-state index in [4.69, 9.17) is 14.2 Å². The third-order valence-corrected chi connectivity index (χ3v) is 4.57. The van der Waals surface area contributed by atoms with Gasteiger partial charge in [0.2, 0.25) is 0 Å². The van der Waals surface area contributed by atoms with Gasteiger partial charge in [0.25, 0.3) is 5.91 Å². The van der Waals surface area contributed by atoms with Crippen LogP contribution in [0.2, 0.25) is 0 Å². The Balaban J connectivity index is 2.09. The predicted molar refractivity (Wildman–Crippen MR) is 94.0 cm³/mol. The number of nitrogens with zero attached hydrogens (tertiary/aromatic N) is 1. The van der Waals surface area contributed by atoms with Crippen LogP contribution < -0.4 is 14.8 Å². The standard InChI is InChI=1S/C19H24N2O5/c1-13(17(22)21-19(12-20)10-5-4-6-11-19)26-18(23)16-14(24-2)8-7-9-15(16)25-3/h7-9,13H,4-6,10-11H2,1-3H3,(H,21,22). The monoisotopic (exact) mass is 360 g/mol. The van der Waals surface area contributed by atoms with Crippen LogP contribution in [0.25, 0.3) is 0 Å². The number of rotatable bonds is 6. The van der Waals surface area contributed by atoms with Gasteiger partial charge in [0.15, 0.2) is 6.10 Å². The Hall–Kier alpha value is -2.75. The van der Waals surface area contributed by atoms with Crippen molar-refractivity contribution in [3.63, 3.8) is 0 Å². The zero-order valence-electron chi connectivity index (χ0n) is 15.3. The van der Waals surface area contributed by atoms with Crippen LogP contribution in [0.3, 0.4) is 0 Å². The van der Waals surface area contributed by atoms with Gasteiger partial charge in [-0.1, -0.05) is 25.3 Å². The van der Waals surface area contributed by atoms with Crippen LogP contribution >= 0.6 is 0 Å². The Morgan fingerprint density at radius 1 is 1.15 bits per heavy atom. The largest absolute Gasteiger partial charge is 0.496 e. The van der Waals surface area contributed by atoms with E-state index in [9.17, 15) is 14.9 Å². The highest BCUT2D eigenvalue weighted by atomic mass is 16.6. The van der Waals surface area contributed by atoms with Crippen molar-refractivity contribution in [3.05, 3.63) is 23.8 Å². The molecule has 1 fully saturated rings. The summed E-state index contributed by atoms with van der Waals surface area (Å²) in [7, 11) is 2.86. The number of hydrogen-bond acceptors (Lipinski definition) is 6. The Labute approximate surface area is 153 Å². The molecule has 1 unspecified atom stereocenters. The first kappa shape index (κ1) is 19.6. The molecule has 1 N–H and O–H groups in total. The lowest BCUT2D eigenvalue weighted by molar-refractivity contribution is -0.130. The minimum atomic E-state index is -1.05. The first-order valence-electron chi connectivity index (χ1n) is 8.61. The van der Waals surface area contributed by atoms with Gasteiger partial charge in [-0.25, -0.2) is 4.79 Å². The molecule has 1 aromatic rings. The molecular formula is C19H24N2O5. The van der Waals surface area contributed by atoms with E-state index in [0.717, 1.165) is 19.3 Å². The summed E-state index contributed by atoms with van der Waals surface area (Å²) in [6, 6.07) is 7.11. The summed E-state index contributed by atoms with van der Waals surface area (Å²) in [5.74, 6) is -0.627. The van der Waals surface area contributed by atoms with E-state index < -0.39 is 23.5 Å². The van der Waals surface area contributed by atoms with E-state index in [0.29, 0.717) is 24.3 Å². The normalized spacial score (nSPS) is 16.7. The van der Waals surface area contributed by atoms with E-state index in [2.05, 4.69) is 11.4 Å². The first-order valence-corrected chi connectivity index (χ1v) is 8.61. The number of methoxy groups -OCH3 is 2. The predicted octanol–water partition coefficient (Wildman–Crippen LogP) is 2.59. The smallest absolute Gasteiger partial charge is 0.346 e. The molecule has 0 radical (unpaired) electrons. The molecule has 140 valence electrons. The van der Waals surface area contributed by atoms with Crippen molar-refractivity contribution < 1.29 is 23.8 Å². The van der Waals surface area contributed by atoms with Crippen LogP contribution in [-0.2, 0) is 9.53 Å². The van der Waals surface area contributed by atoms with Gasteiger partial charge in [-0.15, -0.1) is 0 Å². The minimum Gasteiger partial charge on any atom is -0.496 e. The molecule has 1 atom stereocenters. The van der Waals surface area contributed by atoms with Gasteiger partial charge < -0.3 is 19.5 Å². The third kappa shape index (κ3) is 4.26. The summed E-state index contributed by atoms with van der Waals surface area (Å²) in [6.45, 7) is 1.48. The Morgan fingerprint density at radius 3 is 2.23 bits per heavy atom. The molecule has 0 saturated heterocycles. The molecule has 0 spiro atoms. The molecule has 1 aromatic carbocycles. The van der Waals surface area contributed by atoms with Crippen molar-refractivity contribution in [1.29, 1.82) is 5.26 Å². The minimum absolute atomic E-state index is 0.116. The van der Waals surface area contributed by atoms with Crippen LogP contribution in [0.15, 0.2) is 18.2 Å². The van der Waals surface area contributed by atoms with Gasteiger partial charge >= 0.3 is 5.97 Å². The second-order valence-corrected chi connectivity index (χ2v) is 6.33. The molecule has 1 aliphatic rings. The molecule has 0 aromatic heterocycles. The lowest BCUT2D eigenvalue weighted by Gasteiger charge is -2.32. The van der Waals surface area contributed by atoms with E-state index in [1.54, 1.807) is 18.2 Å². The van der Waals surface area contributed by atoms with Gasteiger partial charge in [0, 0.05) is 0 Å². The SMILES string of the molecule is COc1cccc(OC)c1C(=O)OC(C)C(=O)NC1(C#N)CCCCC1. The molecule has 26 heavy (non-hydrogen) atoms. The number of amides is 1. The molecule has 0 heterocycles. The molecule has 1 amide bonds. The molecule has 1 aliphatic carbocycles. The van der Waals surface area contributed by atoms with E-state index >= 15 is 0 Å². The molecular weight excluding hydrogens is 336 g/mol. The summed E-state index contributed by atoms with van der Waals surface area (Å²) in [5, 5.41) is 12.2. The molecule has 2 rings (SSSR count). The van der Waals surface area contributed by atoms with Gasteiger partial charge in [-0.05, 0) is 31.9 Å². The van der Waals surface area contributed by atoms with Gasteiger partial charge in [0.05, 0.1) is 20.3 Å². The van der Waals surface area contributed by atoms with Crippen LogP contribution in [0, 0.1) is 11.3 Å². The zero-order chi connectivity index (χ0) is 19.2. The topological polar surface area (TPSA) is 97.7 Å². The van der Waals surface area contributed by atoms with Crippen molar-refractivity contribution in [2.75, 3.05) is 14.2 Å². The number of carbonyl (C=O) groups is 2. The highest BCUT2D eigenvalue weighted by Gasteiger charge is 2.35. The lowest BCUT2D eigenvalue weighted by atomic mass is 9.83. The first-order chi connectivity index (χ1) is 12.5. The summed E-state index contributed by atoms with van der Waals surface area (Å²) in [5.41, 5.74) is -0.761. The van der Waals surface area contributed by atoms with Crippen molar-refractivity contribution in [2.45, 2.75) is 50.7 Å². The number of hydrogen-bond donors (Lipinski definition) is 1. The fraction of sp³-hybridized carbons (Fsp3) is 0.526. The van der Waals surface area contributed by atoms with E-state index in [-0.39, 0.29) is 5.56 Å². The summed E-state index contributed by atoms with van der Waals surface area (Å²) in [6.07, 6.45) is 2.99. The molecule has 7 heteroatoms. The number of benzene rings is 1. The quantitative estimate of drug-likeness (QED) is 0.783. The number of nitrogens with one attached hydrogen (secondary N) is 1. The third-order valence-electron chi connectivity index (χ3n) is 4.57. The zero-order valence-corrected chi connectivity index (χ0v) is 15.3. The maximum Gasteiger partial charge on any atom is 0.346 e. The second-order valence-electron chi connectivity index (χ2n) is 6.33. The molecule has 1 saturated carbocycles. The van der Waals surface area contributed by atoms with Gasteiger partial charge in [0.1, 0.15) is 22.6 Å². The fourth-order valence-corrected chi connectivity index (χ4v) is 3.08. The molecule has 0 bridgehead atoms. The fourth-order valence-electron chi connectivity index (χ4n) is 3.08. The molecule has 0 aliphatic heterocycles. The number of nitriles is 1. The van der Waals surface area contributed by atoms with Gasteiger partial charge in [-0.2, -0.15) is 5.26 Å². The highest BCUT2D eigenvalue weighted by Crippen LogP contribution is 2.30. The van der Waals surface area contributed by atoms with Crippen LogP contribution in [-0.4, -0.2) is 37.7 Å². The van der Waals surface area contributed by atoms with Crippen molar-refractivity contribution in [1.82, 2.24) is 5.32 Å². The van der Waals surface area contributed by atoms with Crippen molar-refractivity contribution >= 4 is 11.9 Å². The number of ether oxygens (including phenoxy) is 3. The highest BCUT2D eigenvalue weighted by molar-refractivity contribution is 5.97. The summed E-state index contributed by atoms with van der Waals surface area (Å²) >= 11 is 0. The molecule has 7 nitrogen and oxygen atoms in total. The number of carbonyl (C=O) groups excluding carboxylic acids is 2. The Bertz CT molecular complexity index is 682. The van der Waals surface area contributed by atoms with Crippen LogP contribution in [0.1, 0.15) is 49.4 Å². The number of esters is 1. The van der Waals surface area contributed by atoms with Crippen LogP contribution in [0.5, 0.6) is 11.5 Å². The summed E-state index contributed by atoms with van der Waals surface area (Å²) < 4.78 is 15.7. The second kappa shape index (κ2) is 8.56.